The van der Waals surface area contributed by atoms with E-state index in [0.717, 1.165) is 35.3 Å². The molecule has 0 saturated heterocycles. The molecule has 0 atom stereocenters. The predicted octanol–water partition coefficient (Wildman–Crippen LogP) is 4.15. The molecule has 2 aromatic heterocycles. The van der Waals surface area contributed by atoms with Crippen LogP contribution in [0.1, 0.15) is 56.2 Å². The maximum Gasteiger partial charge on any atom is 0.287 e. The fourth-order valence-electron chi connectivity index (χ4n) is 3.57. The molecule has 0 unspecified atom stereocenters. The van der Waals surface area contributed by atoms with E-state index in [9.17, 15) is 9.59 Å². The number of rotatable bonds is 5. The SMILES string of the molecule is Cc1c(C(=O)NCc2ccccc2)oc2c1/C(=N/NC(=O)c1cncc(Br)c1)CCC2. The number of fused-ring (bicyclic) bond motifs is 1. The standard InChI is InChI=1S/C23H21BrN4O3/c1-14-20-18(27-28-22(29)16-10-17(24)13-25-12-16)8-5-9-19(20)31-21(14)23(30)26-11-15-6-3-2-4-7-15/h2-4,6-7,10,12-13H,5,8-9,11H2,1H3,(H,26,30)(H,28,29)/b27-18+. The van der Waals surface area contributed by atoms with E-state index in [-0.39, 0.29) is 17.6 Å². The third-order valence-corrected chi connectivity index (χ3v) is 5.52. The molecule has 2 amide bonds. The molecule has 7 nitrogen and oxygen atoms in total. The van der Waals surface area contributed by atoms with Gasteiger partial charge in [0.15, 0.2) is 5.76 Å². The number of nitrogens with one attached hydrogen (secondary N) is 2. The van der Waals surface area contributed by atoms with Crippen molar-refractivity contribution in [3.05, 3.63) is 87.0 Å². The number of aryl methyl sites for hydroxylation is 1. The van der Waals surface area contributed by atoms with Crippen LogP contribution in [0.15, 0.2) is 62.8 Å². The van der Waals surface area contributed by atoms with E-state index >= 15 is 0 Å². The number of hydrogen-bond donors (Lipinski definition) is 2. The molecular formula is C23H21BrN4O3. The van der Waals surface area contributed by atoms with E-state index in [0.29, 0.717) is 28.7 Å². The van der Waals surface area contributed by atoms with Crippen LogP contribution in [0.2, 0.25) is 0 Å². The Hall–Kier alpha value is -3.26. The maximum absolute atomic E-state index is 12.7. The molecule has 31 heavy (non-hydrogen) atoms. The Labute approximate surface area is 188 Å². The number of carbonyl (C=O) groups excluding carboxylic acids is 2. The van der Waals surface area contributed by atoms with E-state index in [1.54, 1.807) is 12.3 Å². The number of nitrogens with zero attached hydrogens (tertiary/aromatic N) is 2. The highest BCUT2D eigenvalue weighted by molar-refractivity contribution is 9.10. The largest absolute Gasteiger partial charge is 0.455 e. The highest BCUT2D eigenvalue weighted by Crippen LogP contribution is 2.30. The van der Waals surface area contributed by atoms with Crippen LogP contribution in [0.3, 0.4) is 0 Å². The first-order valence-electron chi connectivity index (χ1n) is 9.95. The molecule has 1 aliphatic rings. The lowest BCUT2D eigenvalue weighted by molar-refractivity contribution is 0.0919. The first-order valence-corrected chi connectivity index (χ1v) is 10.7. The second-order valence-electron chi connectivity index (χ2n) is 7.27. The Morgan fingerprint density at radius 1 is 1.16 bits per heavy atom. The number of furan rings is 1. The van der Waals surface area contributed by atoms with Gasteiger partial charge in [-0.2, -0.15) is 5.10 Å². The summed E-state index contributed by atoms with van der Waals surface area (Å²) in [5, 5.41) is 7.24. The van der Waals surface area contributed by atoms with Crippen molar-refractivity contribution < 1.29 is 14.0 Å². The van der Waals surface area contributed by atoms with Crippen LogP contribution in [0.4, 0.5) is 0 Å². The van der Waals surface area contributed by atoms with Crippen molar-refractivity contribution in [2.24, 2.45) is 5.10 Å². The number of hydrogen-bond acceptors (Lipinski definition) is 5. The van der Waals surface area contributed by atoms with E-state index in [1.807, 2.05) is 37.3 Å². The van der Waals surface area contributed by atoms with Gasteiger partial charge in [0, 0.05) is 41.0 Å². The van der Waals surface area contributed by atoms with Gasteiger partial charge >= 0.3 is 0 Å². The molecule has 0 saturated carbocycles. The molecule has 8 heteroatoms. The van der Waals surface area contributed by atoms with Crippen molar-refractivity contribution in [1.82, 2.24) is 15.7 Å². The number of halogens is 1. The number of hydrazone groups is 1. The van der Waals surface area contributed by atoms with Gasteiger partial charge in [-0.05, 0) is 47.3 Å². The summed E-state index contributed by atoms with van der Waals surface area (Å²) < 4.78 is 6.62. The van der Waals surface area contributed by atoms with E-state index in [4.69, 9.17) is 4.42 Å². The Kier molecular flexibility index (Phi) is 6.27. The van der Waals surface area contributed by atoms with Gasteiger partial charge < -0.3 is 9.73 Å². The molecule has 4 rings (SSSR count). The first kappa shape index (κ1) is 21.0. The summed E-state index contributed by atoms with van der Waals surface area (Å²) in [7, 11) is 0. The highest BCUT2D eigenvalue weighted by atomic mass is 79.9. The van der Waals surface area contributed by atoms with Gasteiger partial charge in [0.1, 0.15) is 5.76 Å². The topological polar surface area (TPSA) is 96.6 Å². The highest BCUT2D eigenvalue weighted by Gasteiger charge is 2.28. The summed E-state index contributed by atoms with van der Waals surface area (Å²) in [5.41, 5.74) is 6.26. The van der Waals surface area contributed by atoms with Crippen molar-refractivity contribution in [2.45, 2.75) is 32.7 Å². The molecule has 0 fully saturated rings. The lowest BCUT2D eigenvalue weighted by Gasteiger charge is -2.13. The third kappa shape index (κ3) is 4.74. The van der Waals surface area contributed by atoms with Crippen LogP contribution in [-0.2, 0) is 13.0 Å². The summed E-state index contributed by atoms with van der Waals surface area (Å²) in [6, 6.07) is 11.4. The van der Waals surface area contributed by atoms with Crippen LogP contribution >= 0.6 is 15.9 Å². The molecule has 0 radical (unpaired) electrons. The molecule has 158 valence electrons. The van der Waals surface area contributed by atoms with Gasteiger partial charge in [0.05, 0.1) is 11.3 Å². The molecule has 0 spiro atoms. The average Bonchev–Trinajstić information content (AvgIpc) is 3.13. The quantitative estimate of drug-likeness (QED) is 0.536. The summed E-state index contributed by atoms with van der Waals surface area (Å²) in [6.07, 6.45) is 5.33. The lowest BCUT2D eigenvalue weighted by Crippen LogP contribution is -2.23. The van der Waals surface area contributed by atoms with Crippen molar-refractivity contribution in [1.29, 1.82) is 0 Å². The number of carbonyl (C=O) groups is 2. The lowest BCUT2D eigenvalue weighted by atomic mass is 9.93. The van der Waals surface area contributed by atoms with Crippen molar-refractivity contribution >= 4 is 33.5 Å². The minimum atomic E-state index is -0.351. The third-order valence-electron chi connectivity index (χ3n) is 5.09. The van der Waals surface area contributed by atoms with E-state index in [2.05, 4.69) is 36.8 Å². The normalized spacial score (nSPS) is 14.2. The van der Waals surface area contributed by atoms with Gasteiger partial charge in [-0.1, -0.05) is 30.3 Å². The summed E-state index contributed by atoms with van der Waals surface area (Å²) in [5.74, 6) is 0.401. The fraction of sp³-hybridized carbons (Fsp3) is 0.217. The average molecular weight is 481 g/mol. The summed E-state index contributed by atoms with van der Waals surface area (Å²) in [6.45, 7) is 2.27. The summed E-state index contributed by atoms with van der Waals surface area (Å²) >= 11 is 3.30. The van der Waals surface area contributed by atoms with E-state index < -0.39 is 0 Å². The number of aromatic nitrogens is 1. The van der Waals surface area contributed by atoms with Gasteiger partial charge in [-0.25, -0.2) is 5.43 Å². The molecule has 0 bridgehead atoms. The minimum absolute atomic E-state index is 0.264. The smallest absolute Gasteiger partial charge is 0.287 e. The van der Waals surface area contributed by atoms with Crippen LogP contribution in [0.25, 0.3) is 0 Å². The van der Waals surface area contributed by atoms with Crippen molar-refractivity contribution in [3.63, 3.8) is 0 Å². The van der Waals surface area contributed by atoms with Crippen LogP contribution in [0, 0.1) is 6.92 Å². The first-order chi connectivity index (χ1) is 15.0. The van der Waals surface area contributed by atoms with Crippen LogP contribution in [0.5, 0.6) is 0 Å². The zero-order valence-corrected chi connectivity index (χ0v) is 18.5. The molecule has 2 heterocycles. The van der Waals surface area contributed by atoms with Gasteiger partial charge in [0.2, 0.25) is 0 Å². The Bertz CT molecular complexity index is 1150. The number of pyridine rings is 1. The number of benzene rings is 1. The molecule has 2 N–H and O–H groups in total. The number of amides is 2. The Morgan fingerprint density at radius 2 is 1.97 bits per heavy atom. The Balaban J connectivity index is 1.51. The molecule has 0 aliphatic heterocycles. The predicted molar refractivity (Wildman–Crippen MR) is 120 cm³/mol. The Morgan fingerprint density at radius 3 is 2.74 bits per heavy atom. The minimum Gasteiger partial charge on any atom is -0.455 e. The second-order valence-corrected chi connectivity index (χ2v) is 8.18. The van der Waals surface area contributed by atoms with Crippen LogP contribution in [-0.4, -0.2) is 22.5 Å². The van der Waals surface area contributed by atoms with Crippen LogP contribution < -0.4 is 10.7 Å². The van der Waals surface area contributed by atoms with Gasteiger partial charge in [0.25, 0.3) is 11.8 Å². The summed E-state index contributed by atoms with van der Waals surface area (Å²) in [4.78, 5) is 29.1. The van der Waals surface area contributed by atoms with Gasteiger partial charge in [-0.3, -0.25) is 14.6 Å². The van der Waals surface area contributed by atoms with Gasteiger partial charge in [-0.15, -0.1) is 0 Å². The zero-order chi connectivity index (χ0) is 21.8. The molecule has 1 aromatic carbocycles. The molecular weight excluding hydrogens is 460 g/mol. The monoisotopic (exact) mass is 480 g/mol. The fourth-order valence-corrected chi connectivity index (χ4v) is 3.94. The molecule has 1 aliphatic carbocycles. The maximum atomic E-state index is 12.7. The second kappa shape index (κ2) is 9.26. The van der Waals surface area contributed by atoms with Crippen molar-refractivity contribution in [2.75, 3.05) is 0 Å². The zero-order valence-electron chi connectivity index (χ0n) is 16.9. The molecule has 3 aromatic rings. The van der Waals surface area contributed by atoms with E-state index in [1.165, 1.54) is 6.20 Å². The van der Waals surface area contributed by atoms with Crippen molar-refractivity contribution in [3.8, 4) is 0 Å².